The quantitative estimate of drug-likeness (QED) is 0.813. The molecule has 0 radical (unpaired) electrons. The first-order chi connectivity index (χ1) is 9.89. The summed E-state index contributed by atoms with van der Waals surface area (Å²) in [6.45, 7) is 12.2. The number of hydrogen-bond acceptors (Lipinski definition) is 3. The van der Waals surface area contributed by atoms with Crippen molar-refractivity contribution in [1.29, 1.82) is 0 Å². The summed E-state index contributed by atoms with van der Waals surface area (Å²) in [5, 5.41) is 3.53. The lowest BCUT2D eigenvalue weighted by molar-refractivity contribution is 0.311. The lowest BCUT2D eigenvalue weighted by Gasteiger charge is -2.21. The highest BCUT2D eigenvalue weighted by molar-refractivity contribution is 5.58. The van der Waals surface area contributed by atoms with Crippen LogP contribution in [0.2, 0.25) is 0 Å². The lowest BCUT2D eigenvalue weighted by Crippen LogP contribution is -2.36. The zero-order valence-corrected chi connectivity index (χ0v) is 14.2. The van der Waals surface area contributed by atoms with Gasteiger partial charge in [-0.1, -0.05) is 24.6 Å². The Balaban J connectivity index is 2.92. The van der Waals surface area contributed by atoms with Crippen molar-refractivity contribution in [1.82, 2.24) is 5.32 Å². The van der Waals surface area contributed by atoms with Crippen LogP contribution in [0.25, 0.3) is 6.08 Å². The smallest absolute Gasteiger partial charge is 0.161 e. The normalized spacial score (nSPS) is 12.4. The molecule has 0 saturated carbocycles. The van der Waals surface area contributed by atoms with Gasteiger partial charge in [0, 0.05) is 12.1 Å². The second-order valence-electron chi connectivity index (χ2n) is 6.10. The van der Waals surface area contributed by atoms with Gasteiger partial charge in [-0.15, -0.1) is 0 Å². The summed E-state index contributed by atoms with van der Waals surface area (Å²) in [5.41, 5.74) is 2.65. The highest BCUT2D eigenvalue weighted by Gasteiger charge is 2.09. The van der Waals surface area contributed by atoms with Crippen LogP contribution >= 0.6 is 0 Å². The lowest BCUT2D eigenvalue weighted by atomic mass is 10.1. The minimum atomic E-state index is 0.130. The maximum Gasteiger partial charge on any atom is 0.161 e. The van der Waals surface area contributed by atoms with Crippen molar-refractivity contribution in [2.75, 3.05) is 20.3 Å². The van der Waals surface area contributed by atoms with Crippen LogP contribution in [0.3, 0.4) is 0 Å². The summed E-state index contributed by atoms with van der Waals surface area (Å²) in [5.74, 6) is 1.58. The fourth-order valence-electron chi connectivity index (χ4n) is 1.94. The first-order valence-electron chi connectivity index (χ1n) is 7.65. The van der Waals surface area contributed by atoms with E-state index in [4.69, 9.17) is 9.47 Å². The molecule has 0 atom stereocenters. The van der Waals surface area contributed by atoms with Crippen LogP contribution in [0.5, 0.6) is 11.5 Å². The van der Waals surface area contributed by atoms with E-state index < -0.39 is 0 Å². The van der Waals surface area contributed by atoms with Crippen molar-refractivity contribution in [2.24, 2.45) is 0 Å². The van der Waals surface area contributed by atoms with E-state index in [0.717, 1.165) is 30.0 Å². The largest absolute Gasteiger partial charge is 0.493 e. The standard InChI is InChI=1S/C18H29NO2/c1-7-14(13-19-18(3,4)5)11-15-9-10-16(20-6)17(12-15)21-8-2/h9-12,19H,7-8,13H2,1-6H3. The topological polar surface area (TPSA) is 30.5 Å². The second-order valence-corrected chi connectivity index (χ2v) is 6.10. The van der Waals surface area contributed by atoms with Crippen LogP contribution in [0, 0.1) is 0 Å². The molecule has 0 aliphatic carbocycles. The molecule has 1 rings (SSSR count). The molecular formula is C18H29NO2. The van der Waals surface area contributed by atoms with Crippen LogP contribution in [0.4, 0.5) is 0 Å². The van der Waals surface area contributed by atoms with E-state index in [0.29, 0.717) is 6.61 Å². The zero-order chi connectivity index (χ0) is 15.9. The summed E-state index contributed by atoms with van der Waals surface area (Å²) in [6, 6.07) is 6.06. The molecule has 0 amide bonds. The number of methoxy groups -OCH3 is 1. The van der Waals surface area contributed by atoms with Crippen molar-refractivity contribution in [3.05, 3.63) is 29.3 Å². The fourth-order valence-corrected chi connectivity index (χ4v) is 1.94. The Bertz CT molecular complexity index is 473. The van der Waals surface area contributed by atoms with Gasteiger partial charge in [0.15, 0.2) is 11.5 Å². The number of nitrogens with one attached hydrogen (secondary N) is 1. The summed E-state index contributed by atoms with van der Waals surface area (Å²) < 4.78 is 10.9. The SMILES string of the molecule is CCOc1cc(C=C(CC)CNC(C)(C)C)ccc1OC. The van der Waals surface area contributed by atoms with Gasteiger partial charge in [0.05, 0.1) is 13.7 Å². The number of hydrogen-bond donors (Lipinski definition) is 1. The van der Waals surface area contributed by atoms with E-state index in [1.54, 1.807) is 7.11 Å². The van der Waals surface area contributed by atoms with Crippen molar-refractivity contribution in [2.45, 2.75) is 46.6 Å². The molecule has 0 heterocycles. The monoisotopic (exact) mass is 291 g/mol. The van der Waals surface area contributed by atoms with E-state index in [2.05, 4.69) is 45.2 Å². The van der Waals surface area contributed by atoms with Gasteiger partial charge in [0.25, 0.3) is 0 Å². The van der Waals surface area contributed by atoms with Gasteiger partial charge in [-0.05, 0) is 51.8 Å². The van der Waals surface area contributed by atoms with Gasteiger partial charge in [-0.3, -0.25) is 0 Å². The minimum Gasteiger partial charge on any atom is -0.493 e. The molecule has 0 aliphatic heterocycles. The third kappa shape index (κ3) is 6.21. The van der Waals surface area contributed by atoms with Crippen molar-refractivity contribution < 1.29 is 9.47 Å². The minimum absolute atomic E-state index is 0.130. The molecule has 0 saturated heterocycles. The van der Waals surface area contributed by atoms with Crippen molar-refractivity contribution in [3.63, 3.8) is 0 Å². The van der Waals surface area contributed by atoms with Gasteiger partial charge in [0.2, 0.25) is 0 Å². The van der Waals surface area contributed by atoms with Crippen LogP contribution in [-0.4, -0.2) is 25.8 Å². The molecule has 21 heavy (non-hydrogen) atoms. The predicted octanol–water partition coefficient (Wildman–Crippen LogP) is 4.28. The molecule has 3 heteroatoms. The number of rotatable bonds is 7. The molecule has 1 aromatic carbocycles. The van der Waals surface area contributed by atoms with Crippen LogP contribution in [-0.2, 0) is 0 Å². The molecule has 1 aromatic rings. The summed E-state index contributed by atoms with van der Waals surface area (Å²) in [4.78, 5) is 0. The molecule has 0 fully saturated rings. The highest BCUT2D eigenvalue weighted by atomic mass is 16.5. The maximum atomic E-state index is 5.63. The average Bonchev–Trinajstić information content (AvgIpc) is 2.43. The zero-order valence-electron chi connectivity index (χ0n) is 14.2. The highest BCUT2D eigenvalue weighted by Crippen LogP contribution is 2.29. The molecule has 3 nitrogen and oxygen atoms in total. The molecule has 118 valence electrons. The van der Waals surface area contributed by atoms with E-state index in [-0.39, 0.29) is 5.54 Å². The third-order valence-corrected chi connectivity index (χ3v) is 3.16. The van der Waals surface area contributed by atoms with E-state index >= 15 is 0 Å². The molecule has 0 spiro atoms. The van der Waals surface area contributed by atoms with Gasteiger partial charge >= 0.3 is 0 Å². The molecule has 0 aromatic heterocycles. The Labute approximate surface area is 129 Å². The molecular weight excluding hydrogens is 262 g/mol. The Morgan fingerprint density at radius 2 is 1.90 bits per heavy atom. The third-order valence-electron chi connectivity index (χ3n) is 3.16. The van der Waals surface area contributed by atoms with E-state index in [1.807, 2.05) is 19.1 Å². The van der Waals surface area contributed by atoms with E-state index in [9.17, 15) is 0 Å². The fraction of sp³-hybridized carbons (Fsp3) is 0.556. The van der Waals surface area contributed by atoms with Crippen LogP contribution in [0.15, 0.2) is 23.8 Å². The Kier molecular flexibility index (Phi) is 6.76. The average molecular weight is 291 g/mol. The summed E-state index contributed by atoms with van der Waals surface area (Å²) in [7, 11) is 1.66. The molecule has 0 unspecified atom stereocenters. The van der Waals surface area contributed by atoms with Gasteiger partial charge in [-0.2, -0.15) is 0 Å². The first kappa shape index (κ1) is 17.6. The van der Waals surface area contributed by atoms with Gasteiger partial charge in [0.1, 0.15) is 0 Å². The Morgan fingerprint density at radius 1 is 1.19 bits per heavy atom. The van der Waals surface area contributed by atoms with Crippen LogP contribution in [0.1, 0.15) is 46.6 Å². The number of benzene rings is 1. The van der Waals surface area contributed by atoms with Crippen molar-refractivity contribution in [3.8, 4) is 11.5 Å². The molecule has 0 bridgehead atoms. The molecule has 0 aliphatic rings. The second kappa shape index (κ2) is 8.08. The maximum absolute atomic E-state index is 5.63. The predicted molar refractivity (Wildman–Crippen MR) is 90.2 cm³/mol. The molecule has 1 N–H and O–H groups in total. The van der Waals surface area contributed by atoms with Crippen molar-refractivity contribution >= 4 is 6.08 Å². The van der Waals surface area contributed by atoms with Crippen LogP contribution < -0.4 is 14.8 Å². The van der Waals surface area contributed by atoms with E-state index in [1.165, 1.54) is 5.57 Å². The Hall–Kier alpha value is -1.48. The number of ether oxygens (including phenoxy) is 2. The summed E-state index contributed by atoms with van der Waals surface area (Å²) >= 11 is 0. The summed E-state index contributed by atoms with van der Waals surface area (Å²) in [6.07, 6.45) is 3.25. The van der Waals surface area contributed by atoms with Gasteiger partial charge in [-0.25, -0.2) is 0 Å². The first-order valence-corrected chi connectivity index (χ1v) is 7.65. The van der Waals surface area contributed by atoms with Gasteiger partial charge < -0.3 is 14.8 Å². The Morgan fingerprint density at radius 3 is 2.43 bits per heavy atom.